The van der Waals surface area contributed by atoms with E-state index in [1.54, 1.807) is 4.48 Å². The number of nitrogens with zero attached hydrogens (tertiary/aromatic N) is 2. The smallest absolute Gasteiger partial charge is 0.358 e. The largest absolute Gasteiger partial charge is 0.449 e. The Hall–Kier alpha value is -4.44. The van der Waals surface area contributed by atoms with E-state index in [1.807, 2.05) is 36.4 Å². The van der Waals surface area contributed by atoms with Crippen LogP contribution in [0, 0.1) is 13.8 Å². The van der Waals surface area contributed by atoms with E-state index in [9.17, 15) is 4.32 Å². The molecule has 1 aromatic heterocycles. The molecule has 0 saturated carbocycles. The van der Waals surface area contributed by atoms with Gasteiger partial charge in [0, 0.05) is 33.3 Å². The van der Waals surface area contributed by atoms with Crippen molar-refractivity contribution < 1.29 is 4.32 Å². The molecule has 0 bridgehead atoms. The first-order chi connectivity index (χ1) is 18.1. The summed E-state index contributed by atoms with van der Waals surface area (Å²) in [7, 11) is -0.629. The van der Waals surface area contributed by atoms with Gasteiger partial charge in [0.1, 0.15) is 0 Å². The first-order valence-electron chi connectivity index (χ1n) is 12.5. The van der Waals surface area contributed by atoms with Gasteiger partial charge in [-0.2, -0.15) is 0 Å². The topological polar surface area (TPSA) is 17.3 Å². The first kappa shape index (κ1) is 23.0. The summed E-state index contributed by atoms with van der Waals surface area (Å²) in [6.07, 6.45) is 4.18. The molecule has 1 aliphatic rings. The number of halogens is 1. The van der Waals surface area contributed by atoms with E-state index in [1.165, 1.54) is 11.1 Å². The average Bonchev–Trinajstić information content (AvgIpc) is 3.50. The second-order valence-electron chi connectivity index (χ2n) is 9.51. The molecule has 4 heteroatoms. The van der Waals surface area contributed by atoms with Crippen molar-refractivity contribution in [2.45, 2.75) is 13.8 Å². The summed E-state index contributed by atoms with van der Waals surface area (Å²) in [4.78, 5) is 5.06. The van der Waals surface area contributed by atoms with Gasteiger partial charge in [-0.15, -0.1) is 0 Å². The molecule has 4 aromatic carbocycles. The number of fused-ring (bicyclic) bond motifs is 1. The zero-order valence-electron chi connectivity index (χ0n) is 20.9. The summed E-state index contributed by atoms with van der Waals surface area (Å²) >= 11 is 0. The highest BCUT2D eigenvalue weighted by molar-refractivity contribution is 6.29. The highest BCUT2D eigenvalue weighted by Crippen LogP contribution is 2.38. The van der Waals surface area contributed by atoms with Crippen molar-refractivity contribution in [3.63, 3.8) is 0 Å². The summed E-state index contributed by atoms with van der Waals surface area (Å²) in [5.41, 5.74) is 10.0. The summed E-state index contributed by atoms with van der Waals surface area (Å²) in [6.45, 7) is 4.15. The van der Waals surface area contributed by atoms with Gasteiger partial charge in [-0.3, -0.25) is 0 Å². The molecule has 6 rings (SSSR count). The Bertz CT molecular complexity index is 1690. The highest BCUT2D eigenvalue weighted by Gasteiger charge is 2.22. The number of aliphatic imine (C=N–C) groups is 1. The monoisotopic (exact) mass is 480 g/mol. The predicted molar refractivity (Wildman–Crippen MR) is 156 cm³/mol. The van der Waals surface area contributed by atoms with Gasteiger partial charge in [-0.25, -0.2) is 4.99 Å². The summed E-state index contributed by atoms with van der Waals surface area (Å²) in [5.74, 6) is 0. The number of hydrogen-bond donors (Lipinski definition) is 0. The lowest BCUT2D eigenvalue weighted by Gasteiger charge is -2.10. The van der Waals surface area contributed by atoms with Gasteiger partial charge >= 0.3 is 7.69 Å². The number of hydrogen-bond acceptors (Lipinski definition) is 1. The molecule has 0 radical (unpaired) electrons. The van der Waals surface area contributed by atoms with Gasteiger partial charge in [0.05, 0.1) is 11.4 Å². The molecule has 0 N–H and O–H groups in total. The molecule has 0 amide bonds. The van der Waals surface area contributed by atoms with Crippen LogP contribution in [0.5, 0.6) is 0 Å². The molecule has 0 atom stereocenters. The van der Waals surface area contributed by atoms with Crippen molar-refractivity contribution in [1.29, 1.82) is 0 Å². The van der Waals surface area contributed by atoms with Gasteiger partial charge in [0.15, 0.2) is 0 Å². The lowest BCUT2D eigenvalue weighted by molar-refractivity contribution is 0.835. The molecule has 0 fully saturated rings. The van der Waals surface area contributed by atoms with Gasteiger partial charge in [0.25, 0.3) is 0 Å². The third kappa shape index (κ3) is 4.25. The fourth-order valence-corrected chi connectivity index (χ4v) is 5.02. The molecule has 0 spiro atoms. The Kier molecular flexibility index (Phi) is 5.94. The summed E-state index contributed by atoms with van der Waals surface area (Å²) < 4.78 is 16.6. The van der Waals surface area contributed by atoms with E-state index in [0.717, 1.165) is 55.8 Å². The van der Waals surface area contributed by atoms with E-state index in [-0.39, 0.29) is 0 Å². The average molecular weight is 480 g/mol. The SMILES string of the molecule is Cc1ccc(C2=CC(c3ccccc3)=N/C2=C\c2c3ccccc3c(-c3ccc(C)cc3)n2BF)cc1. The molecule has 5 aromatic rings. The third-order valence-corrected chi connectivity index (χ3v) is 6.97. The Labute approximate surface area is 217 Å². The van der Waals surface area contributed by atoms with E-state index in [0.29, 0.717) is 0 Å². The minimum absolute atomic E-state index is 0.629. The standard InChI is InChI=1S/C33H26BFN2/c1-22-12-16-24(17-13-22)29-20-30(25-8-4-3-5-9-25)36-31(29)21-32-27-10-6-7-11-28(27)33(37(32)34-35)26-18-14-23(2)15-19-26/h3-21,34H,1-2H3/b31-21-. The van der Waals surface area contributed by atoms with Crippen LogP contribution in [0.15, 0.2) is 120 Å². The fourth-order valence-electron chi connectivity index (χ4n) is 5.02. The Morgan fingerprint density at radius 3 is 1.92 bits per heavy atom. The van der Waals surface area contributed by atoms with Crippen molar-refractivity contribution in [3.05, 3.63) is 143 Å². The molecular weight excluding hydrogens is 454 g/mol. The zero-order chi connectivity index (χ0) is 25.4. The van der Waals surface area contributed by atoms with Crippen molar-refractivity contribution in [2.75, 3.05) is 0 Å². The minimum atomic E-state index is -0.629. The van der Waals surface area contributed by atoms with Crippen LogP contribution >= 0.6 is 0 Å². The number of allylic oxidation sites excluding steroid dienone is 2. The zero-order valence-corrected chi connectivity index (χ0v) is 20.9. The van der Waals surface area contributed by atoms with Crippen LogP contribution in [-0.2, 0) is 0 Å². The predicted octanol–water partition coefficient (Wildman–Crippen LogP) is 7.94. The molecule has 2 nitrogen and oxygen atoms in total. The van der Waals surface area contributed by atoms with Crippen molar-refractivity contribution in [3.8, 4) is 11.3 Å². The van der Waals surface area contributed by atoms with E-state index in [4.69, 9.17) is 4.99 Å². The van der Waals surface area contributed by atoms with Crippen LogP contribution in [0.3, 0.4) is 0 Å². The molecule has 0 saturated heterocycles. The molecule has 0 aliphatic carbocycles. The Balaban J connectivity index is 1.58. The van der Waals surface area contributed by atoms with Crippen LogP contribution in [-0.4, -0.2) is 17.9 Å². The summed E-state index contributed by atoms with van der Waals surface area (Å²) in [6, 6.07) is 35.1. The minimum Gasteiger partial charge on any atom is -0.358 e. The Morgan fingerprint density at radius 1 is 0.676 bits per heavy atom. The van der Waals surface area contributed by atoms with Crippen molar-refractivity contribution >= 4 is 35.8 Å². The van der Waals surface area contributed by atoms with Crippen molar-refractivity contribution in [2.24, 2.45) is 4.99 Å². The van der Waals surface area contributed by atoms with Gasteiger partial charge < -0.3 is 8.79 Å². The molecule has 37 heavy (non-hydrogen) atoms. The molecule has 1 aliphatic heterocycles. The summed E-state index contributed by atoms with van der Waals surface area (Å²) in [5, 5.41) is 2.04. The second kappa shape index (κ2) is 9.55. The van der Waals surface area contributed by atoms with E-state index < -0.39 is 7.69 Å². The van der Waals surface area contributed by atoms with E-state index >= 15 is 0 Å². The van der Waals surface area contributed by atoms with E-state index in [2.05, 4.69) is 92.7 Å². The lowest BCUT2D eigenvalue weighted by Crippen LogP contribution is -2.05. The molecular formula is C33H26BFN2. The normalized spacial score (nSPS) is 14.2. The van der Waals surface area contributed by atoms with Gasteiger partial charge in [0.2, 0.25) is 0 Å². The number of aryl methyl sites for hydroxylation is 2. The maximum Gasteiger partial charge on any atom is 0.449 e. The van der Waals surface area contributed by atoms with Crippen LogP contribution in [0.1, 0.15) is 27.9 Å². The quantitative estimate of drug-likeness (QED) is 0.227. The van der Waals surface area contributed by atoms with Gasteiger partial charge in [-0.1, -0.05) is 114 Å². The number of rotatable bonds is 5. The van der Waals surface area contributed by atoms with Crippen LogP contribution < -0.4 is 0 Å². The van der Waals surface area contributed by atoms with Crippen LogP contribution in [0.25, 0.3) is 33.7 Å². The number of aromatic nitrogens is 1. The molecule has 178 valence electrons. The van der Waals surface area contributed by atoms with Gasteiger partial charge in [-0.05, 0) is 37.1 Å². The van der Waals surface area contributed by atoms with Crippen LogP contribution in [0.4, 0.5) is 4.32 Å². The highest BCUT2D eigenvalue weighted by atomic mass is 19.1. The molecule has 2 heterocycles. The first-order valence-corrected chi connectivity index (χ1v) is 12.5. The third-order valence-electron chi connectivity index (χ3n) is 6.97. The second-order valence-corrected chi connectivity index (χ2v) is 9.51. The van der Waals surface area contributed by atoms with Crippen LogP contribution in [0.2, 0.25) is 0 Å². The Morgan fingerprint density at radius 2 is 1.27 bits per heavy atom. The number of benzene rings is 4. The maximum absolute atomic E-state index is 14.8. The van der Waals surface area contributed by atoms with Crippen molar-refractivity contribution in [1.82, 2.24) is 4.48 Å². The molecule has 0 unspecified atom stereocenters. The lowest BCUT2D eigenvalue weighted by atomic mass is 10.00. The maximum atomic E-state index is 14.8. The fraction of sp³-hybridized carbons (Fsp3) is 0.0606.